The number of benzene rings is 2. The number of ether oxygens (including phenoxy) is 1. The van der Waals surface area contributed by atoms with E-state index in [-0.39, 0.29) is 11.7 Å². The van der Waals surface area contributed by atoms with Gasteiger partial charge in [-0.2, -0.15) is 0 Å². The number of hydrogen-bond donors (Lipinski definition) is 1. The fourth-order valence-electron chi connectivity index (χ4n) is 4.11. The van der Waals surface area contributed by atoms with Gasteiger partial charge in [-0.3, -0.25) is 9.69 Å². The molecule has 2 aromatic carbocycles. The van der Waals surface area contributed by atoms with Gasteiger partial charge in [0, 0.05) is 31.2 Å². The zero-order valence-electron chi connectivity index (χ0n) is 16.7. The lowest BCUT2D eigenvalue weighted by Crippen LogP contribution is -2.37. The van der Waals surface area contributed by atoms with Gasteiger partial charge >= 0.3 is 0 Å². The summed E-state index contributed by atoms with van der Waals surface area (Å²) in [4.78, 5) is 17.4. The maximum atomic E-state index is 12.1. The third kappa shape index (κ3) is 4.12. The normalized spacial score (nSPS) is 15.8. The summed E-state index contributed by atoms with van der Waals surface area (Å²) in [7, 11) is 0. The molecule has 28 heavy (non-hydrogen) atoms. The number of piperidine rings is 1. The predicted molar refractivity (Wildman–Crippen MR) is 114 cm³/mol. The van der Waals surface area contributed by atoms with E-state index in [0.29, 0.717) is 0 Å². The molecule has 2 heterocycles. The summed E-state index contributed by atoms with van der Waals surface area (Å²) in [6.07, 6.45) is 4.99. The van der Waals surface area contributed by atoms with Crippen molar-refractivity contribution in [1.29, 1.82) is 0 Å². The fourth-order valence-corrected chi connectivity index (χ4v) is 4.11. The van der Waals surface area contributed by atoms with Crippen LogP contribution in [0.15, 0.2) is 53.5 Å². The molecule has 146 valence electrons. The SMILES string of the molecule is CCc1c[nH]c(=O)c2ccc(OC3CCN(Cc4cccc(C)c4)CC3)cc12. The van der Waals surface area contributed by atoms with E-state index in [4.69, 9.17) is 4.74 Å². The summed E-state index contributed by atoms with van der Waals surface area (Å²) in [6, 6.07) is 14.6. The van der Waals surface area contributed by atoms with Gasteiger partial charge in [-0.15, -0.1) is 0 Å². The maximum absolute atomic E-state index is 12.1. The van der Waals surface area contributed by atoms with Gasteiger partial charge in [0.15, 0.2) is 0 Å². The number of fused-ring (bicyclic) bond motifs is 1. The summed E-state index contributed by atoms with van der Waals surface area (Å²) in [5.74, 6) is 0.866. The Kier molecular flexibility index (Phi) is 5.49. The largest absolute Gasteiger partial charge is 0.490 e. The topological polar surface area (TPSA) is 45.3 Å². The van der Waals surface area contributed by atoms with Crippen molar-refractivity contribution >= 4 is 10.8 Å². The Morgan fingerprint density at radius 2 is 1.93 bits per heavy atom. The number of aromatic nitrogens is 1. The van der Waals surface area contributed by atoms with Gasteiger partial charge < -0.3 is 9.72 Å². The highest BCUT2D eigenvalue weighted by molar-refractivity contribution is 5.85. The summed E-state index contributed by atoms with van der Waals surface area (Å²) in [5, 5.41) is 1.74. The van der Waals surface area contributed by atoms with Crippen LogP contribution in [0.1, 0.15) is 36.5 Å². The van der Waals surface area contributed by atoms with Gasteiger partial charge in [-0.1, -0.05) is 36.8 Å². The molecular weight excluding hydrogens is 348 g/mol. The molecule has 4 nitrogen and oxygen atoms in total. The van der Waals surface area contributed by atoms with E-state index in [1.165, 1.54) is 11.1 Å². The number of H-pyrrole nitrogens is 1. The van der Waals surface area contributed by atoms with E-state index in [1.807, 2.05) is 24.4 Å². The first-order chi connectivity index (χ1) is 13.6. The molecule has 4 heteroatoms. The number of aromatic amines is 1. The van der Waals surface area contributed by atoms with E-state index in [9.17, 15) is 4.79 Å². The van der Waals surface area contributed by atoms with Crippen LogP contribution in [-0.2, 0) is 13.0 Å². The first kappa shape index (κ1) is 18.8. The molecule has 3 aromatic rings. The highest BCUT2D eigenvalue weighted by atomic mass is 16.5. The molecule has 0 saturated carbocycles. The minimum absolute atomic E-state index is 0.0387. The van der Waals surface area contributed by atoms with Crippen molar-refractivity contribution in [2.75, 3.05) is 13.1 Å². The summed E-state index contributed by atoms with van der Waals surface area (Å²) >= 11 is 0. The molecular formula is C24H28N2O2. The van der Waals surface area contributed by atoms with Crippen molar-refractivity contribution in [1.82, 2.24) is 9.88 Å². The second-order valence-electron chi connectivity index (χ2n) is 7.79. The van der Waals surface area contributed by atoms with E-state index in [1.54, 1.807) is 0 Å². The molecule has 0 bridgehead atoms. The van der Waals surface area contributed by atoms with E-state index >= 15 is 0 Å². The van der Waals surface area contributed by atoms with Crippen molar-refractivity contribution in [3.05, 3.63) is 75.7 Å². The molecule has 1 aliphatic heterocycles. The average Bonchev–Trinajstić information content (AvgIpc) is 2.70. The smallest absolute Gasteiger partial charge is 0.255 e. The average molecular weight is 377 g/mol. The number of rotatable bonds is 5. The minimum Gasteiger partial charge on any atom is -0.490 e. The third-order valence-corrected chi connectivity index (χ3v) is 5.67. The van der Waals surface area contributed by atoms with Crippen molar-refractivity contribution in [3.63, 3.8) is 0 Å². The van der Waals surface area contributed by atoms with Crippen LogP contribution in [0.5, 0.6) is 5.75 Å². The van der Waals surface area contributed by atoms with Crippen LogP contribution in [0, 0.1) is 6.92 Å². The number of pyridine rings is 1. The highest BCUT2D eigenvalue weighted by Crippen LogP contribution is 2.25. The Morgan fingerprint density at radius 1 is 1.11 bits per heavy atom. The number of likely N-dealkylation sites (tertiary alicyclic amines) is 1. The standard InChI is InChI=1S/C24H28N2O2/c1-3-19-15-25-24(27)22-8-7-21(14-23(19)22)28-20-9-11-26(12-10-20)16-18-6-4-5-17(2)13-18/h4-8,13-15,20H,3,9-12,16H2,1-2H3,(H,25,27). The van der Waals surface area contributed by atoms with E-state index in [2.05, 4.69) is 48.0 Å². The van der Waals surface area contributed by atoms with Crippen LogP contribution in [0.2, 0.25) is 0 Å². The molecule has 1 fully saturated rings. The Morgan fingerprint density at radius 3 is 2.68 bits per heavy atom. The lowest BCUT2D eigenvalue weighted by molar-refractivity contribution is 0.0969. The Bertz CT molecular complexity index is 1020. The summed E-state index contributed by atoms with van der Waals surface area (Å²) in [5.41, 5.74) is 3.81. The van der Waals surface area contributed by atoms with Crippen LogP contribution in [0.4, 0.5) is 0 Å². The molecule has 1 saturated heterocycles. The molecule has 1 N–H and O–H groups in total. The quantitative estimate of drug-likeness (QED) is 0.716. The van der Waals surface area contributed by atoms with Gasteiger partial charge in [0.05, 0.1) is 0 Å². The van der Waals surface area contributed by atoms with E-state index < -0.39 is 0 Å². The maximum Gasteiger partial charge on any atom is 0.255 e. The zero-order valence-corrected chi connectivity index (χ0v) is 16.7. The molecule has 0 radical (unpaired) electrons. The van der Waals surface area contributed by atoms with Gasteiger partial charge in [-0.05, 0) is 60.9 Å². The third-order valence-electron chi connectivity index (χ3n) is 5.67. The molecule has 1 aromatic heterocycles. The van der Waals surface area contributed by atoms with E-state index in [0.717, 1.165) is 61.0 Å². The molecule has 4 rings (SSSR count). The Hall–Kier alpha value is -2.59. The van der Waals surface area contributed by atoms with Crippen LogP contribution >= 0.6 is 0 Å². The van der Waals surface area contributed by atoms with Crippen molar-refractivity contribution in [2.24, 2.45) is 0 Å². The lowest BCUT2D eigenvalue weighted by Gasteiger charge is -2.32. The summed E-state index contributed by atoms with van der Waals surface area (Å²) < 4.78 is 6.28. The molecule has 0 spiro atoms. The van der Waals surface area contributed by atoms with Gasteiger partial charge in [-0.25, -0.2) is 0 Å². The fraction of sp³-hybridized carbons (Fsp3) is 0.375. The highest BCUT2D eigenvalue weighted by Gasteiger charge is 2.21. The number of nitrogens with zero attached hydrogens (tertiary/aromatic N) is 1. The zero-order chi connectivity index (χ0) is 19.5. The van der Waals surface area contributed by atoms with Crippen LogP contribution < -0.4 is 10.3 Å². The molecule has 0 amide bonds. The first-order valence-corrected chi connectivity index (χ1v) is 10.2. The summed E-state index contributed by atoms with van der Waals surface area (Å²) in [6.45, 7) is 7.35. The monoisotopic (exact) mass is 376 g/mol. The number of aryl methyl sites for hydroxylation is 2. The van der Waals surface area contributed by atoms with Crippen LogP contribution in [0.25, 0.3) is 10.8 Å². The molecule has 0 aliphatic carbocycles. The van der Waals surface area contributed by atoms with Gasteiger partial charge in [0.1, 0.15) is 11.9 Å². The minimum atomic E-state index is -0.0387. The molecule has 1 aliphatic rings. The Labute approximate surface area is 166 Å². The van der Waals surface area contributed by atoms with Crippen molar-refractivity contribution in [2.45, 2.75) is 45.8 Å². The van der Waals surface area contributed by atoms with Gasteiger partial charge in [0.2, 0.25) is 0 Å². The van der Waals surface area contributed by atoms with Crippen molar-refractivity contribution in [3.8, 4) is 5.75 Å². The van der Waals surface area contributed by atoms with Crippen LogP contribution in [-0.4, -0.2) is 29.1 Å². The Balaban J connectivity index is 1.40. The first-order valence-electron chi connectivity index (χ1n) is 10.2. The van der Waals surface area contributed by atoms with Crippen molar-refractivity contribution < 1.29 is 4.74 Å². The lowest BCUT2D eigenvalue weighted by atomic mass is 10.0. The van der Waals surface area contributed by atoms with Crippen LogP contribution in [0.3, 0.4) is 0 Å². The number of nitrogens with one attached hydrogen (secondary N) is 1. The number of hydrogen-bond acceptors (Lipinski definition) is 3. The second-order valence-corrected chi connectivity index (χ2v) is 7.79. The van der Waals surface area contributed by atoms with Gasteiger partial charge in [0.25, 0.3) is 5.56 Å². The predicted octanol–water partition coefficient (Wildman–Crippen LogP) is 4.44. The molecule has 0 unspecified atom stereocenters. The molecule has 0 atom stereocenters. The second kappa shape index (κ2) is 8.19.